The van der Waals surface area contributed by atoms with Gasteiger partial charge in [-0.2, -0.15) is 0 Å². The quantitative estimate of drug-likeness (QED) is 0.647. The molecule has 0 aliphatic rings. The molecule has 0 amide bonds. The van der Waals surface area contributed by atoms with Crippen LogP contribution in [0.25, 0.3) is 0 Å². The fourth-order valence-corrected chi connectivity index (χ4v) is 1.83. The van der Waals surface area contributed by atoms with Crippen LogP contribution in [0.3, 0.4) is 0 Å². The third-order valence-corrected chi connectivity index (χ3v) is 2.91. The van der Waals surface area contributed by atoms with Crippen LogP contribution in [-0.2, 0) is 0 Å². The molecule has 0 spiro atoms. The summed E-state index contributed by atoms with van der Waals surface area (Å²) in [5, 5.41) is 3.46. The third kappa shape index (κ3) is 5.61. The second-order valence-electron chi connectivity index (χ2n) is 4.68. The maximum Gasteiger partial charge on any atom is 0.00443 e. The summed E-state index contributed by atoms with van der Waals surface area (Å²) < 4.78 is 0. The molecule has 0 saturated heterocycles. The number of hydrogen-bond acceptors (Lipinski definition) is 2. The molecule has 0 aliphatic carbocycles. The van der Waals surface area contributed by atoms with Gasteiger partial charge < -0.3 is 10.2 Å². The molecule has 14 heavy (non-hydrogen) atoms. The van der Waals surface area contributed by atoms with Crippen LogP contribution in [0.15, 0.2) is 0 Å². The lowest BCUT2D eigenvalue weighted by Gasteiger charge is -2.33. The molecule has 0 fully saturated rings. The number of nitrogens with one attached hydrogen (secondary N) is 1. The van der Waals surface area contributed by atoms with Gasteiger partial charge >= 0.3 is 0 Å². The Morgan fingerprint density at radius 3 is 2.29 bits per heavy atom. The molecule has 2 nitrogen and oxygen atoms in total. The van der Waals surface area contributed by atoms with Crippen molar-refractivity contribution >= 4 is 0 Å². The highest BCUT2D eigenvalue weighted by atomic mass is 15.1. The molecular formula is C12H28N2. The molecule has 0 rings (SSSR count). The lowest BCUT2D eigenvalue weighted by Crippen LogP contribution is -2.40. The van der Waals surface area contributed by atoms with E-state index in [4.69, 9.17) is 0 Å². The molecule has 1 N–H and O–H groups in total. The Labute approximate surface area is 90.1 Å². The molecule has 0 aromatic carbocycles. The smallest absolute Gasteiger partial charge is 0.00443 e. The largest absolute Gasteiger partial charge is 0.316 e. The van der Waals surface area contributed by atoms with Gasteiger partial charge in [0, 0.05) is 13.1 Å². The van der Waals surface area contributed by atoms with Gasteiger partial charge in [0.15, 0.2) is 0 Å². The minimum atomic E-state index is 0.430. The molecule has 0 saturated carbocycles. The van der Waals surface area contributed by atoms with Crippen molar-refractivity contribution in [3.8, 4) is 0 Å². The van der Waals surface area contributed by atoms with E-state index in [1.165, 1.54) is 25.9 Å². The summed E-state index contributed by atoms with van der Waals surface area (Å²) in [6.07, 6.45) is 2.49. The van der Waals surface area contributed by atoms with Gasteiger partial charge in [-0.25, -0.2) is 0 Å². The van der Waals surface area contributed by atoms with E-state index in [2.05, 4.69) is 45.0 Å². The highest BCUT2D eigenvalue weighted by Crippen LogP contribution is 2.20. The van der Waals surface area contributed by atoms with Crippen molar-refractivity contribution in [3.63, 3.8) is 0 Å². The summed E-state index contributed by atoms with van der Waals surface area (Å²) in [6.45, 7) is 13.7. The zero-order chi connectivity index (χ0) is 11.0. The normalized spacial score (nSPS) is 15.9. The van der Waals surface area contributed by atoms with Crippen LogP contribution in [0.4, 0.5) is 0 Å². The van der Waals surface area contributed by atoms with Gasteiger partial charge in [-0.3, -0.25) is 0 Å². The first-order chi connectivity index (χ1) is 6.58. The fraction of sp³-hybridized carbons (Fsp3) is 1.00. The van der Waals surface area contributed by atoms with E-state index in [0.29, 0.717) is 5.41 Å². The number of hydrogen-bond donors (Lipinski definition) is 1. The average molecular weight is 200 g/mol. The molecule has 2 heteroatoms. The van der Waals surface area contributed by atoms with Crippen LogP contribution >= 0.6 is 0 Å². The molecule has 0 bridgehead atoms. The van der Waals surface area contributed by atoms with Gasteiger partial charge in [0.05, 0.1) is 0 Å². The predicted molar refractivity (Wildman–Crippen MR) is 64.7 cm³/mol. The Bertz CT molecular complexity index is 136. The molecule has 1 atom stereocenters. The Morgan fingerprint density at radius 1 is 1.21 bits per heavy atom. The van der Waals surface area contributed by atoms with E-state index in [-0.39, 0.29) is 0 Å². The Hall–Kier alpha value is -0.0800. The first kappa shape index (κ1) is 13.9. The minimum Gasteiger partial charge on any atom is -0.316 e. The highest BCUT2D eigenvalue weighted by Gasteiger charge is 2.22. The van der Waals surface area contributed by atoms with Crippen LogP contribution in [0.2, 0.25) is 0 Å². The van der Waals surface area contributed by atoms with Crippen molar-refractivity contribution in [2.75, 3.05) is 33.2 Å². The second kappa shape index (κ2) is 7.24. The van der Waals surface area contributed by atoms with Gasteiger partial charge in [0.1, 0.15) is 0 Å². The van der Waals surface area contributed by atoms with E-state index in [1.807, 2.05) is 0 Å². The molecule has 0 aromatic rings. The zero-order valence-electron chi connectivity index (χ0n) is 10.7. The van der Waals surface area contributed by atoms with Crippen molar-refractivity contribution < 1.29 is 0 Å². The van der Waals surface area contributed by atoms with Gasteiger partial charge in [-0.15, -0.1) is 0 Å². The zero-order valence-corrected chi connectivity index (χ0v) is 10.7. The monoisotopic (exact) mass is 200 g/mol. The minimum absolute atomic E-state index is 0.430. The van der Waals surface area contributed by atoms with Crippen LogP contribution in [0.5, 0.6) is 0 Å². The first-order valence-corrected chi connectivity index (χ1v) is 5.97. The summed E-state index contributed by atoms with van der Waals surface area (Å²) >= 11 is 0. The maximum absolute atomic E-state index is 3.46. The fourth-order valence-electron chi connectivity index (χ4n) is 1.83. The van der Waals surface area contributed by atoms with Crippen LogP contribution < -0.4 is 5.32 Å². The Morgan fingerprint density at radius 2 is 1.86 bits per heavy atom. The molecule has 86 valence electrons. The number of rotatable bonds is 8. The average Bonchev–Trinajstić information content (AvgIpc) is 2.15. The summed E-state index contributed by atoms with van der Waals surface area (Å²) in [7, 11) is 2.23. The van der Waals surface area contributed by atoms with Crippen molar-refractivity contribution in [3.05, 3.63) is 0 Å². The summed E-state index contributed by atoms with van der Waals surface area (Å²) in [4.78, 5) is 2.45. The molecule has 0 radical (unpaired) electrons. The summed E-state index contributed by atoms with van der Waals surface area (Å²) in [5.41, 5.74) is 0.430. The lowest BCUT2D eigenvalue weighted by molar-refractivity contribution is 0.181. The Balaban J connectivity index is 3.96. The van der Waals surface area contributed by atoms with Gasteiger partial charge in [0.25, 0.3) is 0 Å². The van der Waals surface area contributed by atoms with Crippen molar-refractivity contribution in [2.24, 2.45) is 5.41 Å². The van der Waals surface area contributed by atoms with Gasteiger partial charge in [-0.05, 0) is 38.4 Å². The van der Waals surface area contributed by atoms with Crippen LogP contribution in [-0.4, -0.2) is 38.1 Å². The third-order valence-electron chi connectivity index (χ3n) is 2.91. The molecule has 0 heterocycles. The van der Waals surface area contributed by atoms with E-state index in [0.717, 1.165) is 13.1 Å². The first-order valence-electron chi connectivity index (χ1n) is 5.97. The van der Waals surface area contributed by atoms with E-state index in [1.54, 1.807) is 0 Å². The van der Waals surface area contributed by atoms with Crippen molar-refractivity contribution in [1.29, 1.82) is 0 Å². The van der Waals surface area contributed by atoms with Gasteiger partial charge in [0.2, 0.25) is 0 Å². The Kier molecular flexibility index (Phi) is 7.20. The lowest BCUT2D eigenvalue weighted by atomic mass is 9.87. The molecule has 0 aliphatic heterocycles. The maximum atomic E-state index is 3.46. The van der Waals surface area contributed by atoms with E-state index >= 15 is 0 Å². The summed E-state index contributed by atoms with van der Waals surface area (Å²) in [6, 6.07) is 0. The SMILES string of the molecule is CCCN(C)CC(C)(CC)CNCC. The van der Waals surface area contributed by atoms with Crippen molar-refractivity contribution in [2.45, 2.75) is 40.5 Å². The molecule has 1 unspecified atom stereocenters. The van der Waals surface area contributed by atoms with Gasteiger partial charge in [-0.1, -0.05) is 27.7 Å². The number of nitrogens with zero attached hydrogens (tertiary/aromatic N) is 1. The van der Waals surface area contributed by atoms with Crippen molar-refractivity contribution in [1.82, 2.24) is 10.2 Å². The molecule has 0 aromatic heterocycles. The standard InChI is InChI=1S/C12H28N2/c1-6-9-14(5)11-12(4,7-2)10-13-8-3/h13H,6-11H2,1-5H3. The topological polar surface area (TPSA) is 15.3 Å². The molecular weight excluding hydrogens is 172 g/mol. The summed E-state index contributed by atoms with van der Waals surface area (Å²) in [5.74, 6) is 0. The van der Waals surface area contributed by atoms with Crippen LogP contribution in [0.1, 0.15) is 40.5 Å². The van der Waals surface area contributed by atoms with Crippen LogP contribution in [0, 0.1) is 5.41 Å². The second-order valence-corrected chi connectivity index (χ2v) is 4.68. The highest BCUT2D eigenvalue weighted by molar-refractivity contribution is 4.78. The van der Waals surface area contributed by atoms with E-state index in [9.17, 15) is 0 Å². The predicted octanol–water partition coefficient (Wildman–Crippen LogP) is 2.35. The van der Waals surface area contributed by atoms with E-state index < -0.39 is 0 Å².